The molecule has 1 aromatic carbocycles. The van der Waals surface area contributed by atoms with Gasteiger partial charge in [0.1, 0.15) is 18.4 Å². The average molecular weight is 281 g/mol. The van der Waals surface area contributed by atoms with Gasteiger partial charge in [-0.15, -0.1) is 10.2 Å². The van der Waals surface area contributed by atoms with E-state index in [9.17, 15) is 5.11 Å². The van der Waals surface area contributed by atoms with Crippen molar-refractivity contribution < 1.29 is 5.11 Å². The van der Waals surface area contributed by atoms with E-state index in [4.69, 9.17) is 0 Å². The van der Waals surface area contributed by atoms with Crippen molar-refractivity contribution in [3.8, 4) is 11.4 Å². The zero-order valence-electron chi connectivity index (χ0n) is 11.8. The molecule has 3 rings (SSSR count). The molecule has 106 valence electrons. The summed E-state index contributed by atoms with van der Waals surface area (Å²) in [5.41, 5.74) is 4.21. The Bertz CT molecular complexity index is 769. The summed E-state index contributed by atoms with van der Waals surface area (Å²) in [6.45, 7) is 4.07. The number of rotatable bonds is 3. The van der Waals surface area contributed by atoms with E-state index in [0.29, 0.717) is 0 Å². The molecular formula is C15H15N5O. The minimum Gasteiger partial charge on any atom is -0.508 e. The molecule has 1 N–H and O–H groups in total. The Hall–Kier alpha value is -2.89. The van der Waals surface area contributed by atoms with Crippen molar-refractivity contribution in [1.29, 1.82) is 0 Å². The van der Waals surface area contributed by atoms with Crippen LogP contribution in [0.4, 0.5) is 0 Å². The predicted molar refractivity (Wildman–Crippen MR) is 79.9 cm³/mol. The first-order valence-corrected chi connectivity index (χ1v) is 6.52. The van der Waals surface area contributed by atoms with Crippen molar-refractivity contribution >= 4 is 6.21 Å². The Morgan fingerprint density at radius 3 is 2.43 bits per heavy atom. The van der Waals surface area contributed by atoms with Gasteiger partial charge in [-0.1, -0.05) is 0 Å². The fraction of sp³-hybridized carbons (Fsp3) is 0.133. The SMILES string of the molecule is Cc1cc(C=Nn2cnnc2)c(C)n1-c1ccc(O)cc1. The quantitative estimate of drug-likeness (QED) is 0.749. The number of phenolic OH excluding ortho intramolecular Hbond substituents is 1. The third kappa shape index (κ3) is 2.55. The van der Waals surface area contributed by atoms with Crippen LogP contribution in [-0.4, -0.2) is 30.8 Å². The molecule has 0 atom stereocenters. The molecular weight excluding hydrogens is 266 g/mol. The summed E-state index contributed by atoms with van der Waals surface area (Å²) in [4.78, 5) is 0. The summed E-state index contributed by atoms with van der Waals surface area (Å²) < 4.78 is 3.67. The topological polar surface area (TPSA) is 68.2 Å². The van der Waals surface area contributed by atoms with Crippen LogP contribution in [0.25, 0.3) is 5.69 Å². The predicted octanol–water partition coefficient (Wildman–Crippen LogP) is 2.27. The highest BCUT2D eigenvalue weighted by molar-refractivity contribution is 5.82. The molecule has 2 heterocycles. The summed E-state index contributed by atoms with van der Waals surface area (Å²) in [6, 6.07) is 9.19. The Kier molecular flexibility index (Phi) is 3.27. The molecule has 0 fully saturated rings. The summed E-state index contributed by atoms with van der Waals surface area (Å²) in [7, 11) is 0. The average Bonchev–Trinajstić information content (AvgIpc) is 3.07. The van der Waals surface area contributed by atoms with Crippen LogP contribution in [0.15, 0.2) is 48.1 Å². The monoisotopic (exact) mass is 281 g/mol. The molecule has 2 aromatic heterocycles. The minimum absolute atomic E-state index is 0.260. The van der Waals surface area contributed by atoms with E-state index >= 15 is 0 Å². The highest BCUT2D eigenvalue weighted by Gasteiger charge is 2.09. The van der Waals surface area contributed by atoms with Crippen molar-refractivity contribution in [2.24, 2.45) is 5.10 Å². The van der Waals surface area contributed by atoms with Crippen LogP contribution in [0, 0.1) is 13.8 Å². The highest BCUT2D eigenvalue weighted by atomic mass is 16.3. The molecule has 6 heteroatoms. The third-order valence-corrected chi connectivity index (χ3v) is 3.31. The number of aromatic hydroxyl groups is 1. The molecule has 0 saturated carbocycles. The van der Waals surface area contributed by atoms with Gasteiger partial charge in [0.05, 0.1) is 6.21 Å². The second kappa shape index (κ2) is 5.24. The molecule has 0 radical (unpaired) electrons. The van der Waals surface area contributed by atoms with Crippen LogP contribution in [0.5, 0.6) is 5.75 Å². The number of aromatic nitrogens is 4. The largest absolute Gasteiger partial charge is 0.508 e. The lowest BCUT2D eigenvalue weighted by Crippen LogP contribution is -1.99. The fourth-order valence-corrected chi connectivity index (χ4v) is 2.30. The standard InChI is InChI=1S/C15H15N5O/c1-11-7-13(8-18-19-9-16-17-10-19)12(2)20(11)14-3-5-15(21)6-4-14/h3-10,21H,1-2H3. The molecule has 3 aromatic rings. The smallest absolute Gasteiger partial charge is 0.141 e. The first-order chi connectivity index (χ1) is 10.1. The van der Waals surface area contributed by atoms with Crippen LogP contribution in [-0.2, 0) is 0 Å². The fourth-order valence-electron chi connectivity index (χ4n) is 2.30. The van der Waals surface area contributed by atoms with Crippen LogP contribution in [0.1, 0.15) is 17.0 Å². The second-order valence-corrected chi connectivity index (χ2v) is 4.76. The van der Waals surface area contributed by atoms with Gasteiger partial charge in [0.15, 0.2) is 0 Å². The van der Waals surface area contributed by atoms with Gasteiger partial charge in [-0.3, -0.25) is 0 Å². The van der Waals surface area contributed by atoms with Gasteiger partial charge in [0.2, 0.25) is 0 Å². The van der Waals surface area contributed by atoms with E-state index in [1.54, 1.807) is 23.0 Å². The van der Waals surface area contributed by atoms with E-state index in [0.717, 1.165) is 22.6 Å². The zero-order chi connectivity index (χ0) is 14.8. The van der Waals surface area contributed by atoms with Gasteiger partial charge in [0.25, 0.3) is 0 Å². The van der Waals surface area contributed by atoms with E-state index in [2.05, 4.69) is 25.9 Å². The van der Waals surface area contributed by atoms with Crippen molar-refractivity contribution in [1.82, 2.24) is 19.4 Å². The van der Waals surface area contributed by atoms with E-state index in [1.165, 1.54) is 12.7 Å². The number of benzene rings is 1. The van der Waals surface area contributed by atoms with E-state index in [-0.39, 0.29) is 5.75 Å². The summed E-state index contributed by atoms with van der Waals surface area (Å²) in [5.74, 6) is 0.260. The molecule has 0 spiro atoms. The molecule has 0 aliphatic carbocycles. The Balaban J connectivity index is 1.98. The van der Waals surface area contributed by atoms with Gasteiger partial charge >= 0.3 is 0 Å². The van der Waals surface area contributed by atoms with Gasteiger partial charge in [0, 0.05) is 22.6 Å². The van der Waals surface area contributed by atoms with Crippen LogP contribution in [0.3, 0.4) is 0 Å². The third-order valence-electron chi connectivity index (χ3n) is 3.31. The lowest BCUT2D eigenvalue weighted by Gasteiger charge is -2.09. The number of hydrogen-bond acceptors (Lipinski definition) is 4. The number of nitrogens with zero attached hydrogens (tertiary/aromatic N) is 5. The molecule has 21 heavy (non-hydrogen) atoms. The minimum atomic E-state index is 0.260. The van der Waals surface area contributed by atoms with Crippen LogP contribution < -0.4 is 0 Å². The van der Waals surface area contributed by atoms with Crippen molar-refractivity contribution in [2.75, 3.05) is 0 Å². The molecule has 0 amide bonds. The highest BCUT2D eigenvalue weighted by Crippen LogP contribution is 2.21. The maximum atomic E-state index is 9.39. The van der Waals surface area contributed by atoms with Gasteiger partial charge in [-0.25, -0.2) is 4.68 Å². The van der Waals surface area contributed by atoms with Crippen LogP contribution in [0.2, 0.25) is 0 Å². The lowest BCUT2D eigenvalue weighted by atomic mass is 10.2. The summed E-state index contributed by atoms with van der Waals surface area (Å²) in [5, 5.41) is 21.1. The van der Waals surface area contributed by atoms with Gasteiger partial charge in [-0.05, 0) is 44.2 Å². The number of hydrogen-bond donors (Lipinski definition) is 1. The molecule has 0 unspecified atom stereocenters. The Morgan fingerprint density at radius 2 is 1.76 bits per heavy atom. The molecule has 0 aliphatic rings. The normalized spacial score (nSPS) is 11.3. The maximum Gasteiger partial charge on any atom is 0.141 e. The van der Waals surface area contributed by atoms with Crippen LogP contribution >= 0.6 is 0 Å². The van der Waals surface area contributed by atoms with Gasteiger partial charge < -0.3 is 9.67 Å². The number of aryl methyl sites for hydroxylation is 1. The maximum absolute atomic E-state index is 9.39. The first-order valence-electron chi connectivity index (χ1n) is 6.52. The van der Waals surface area contributed by atoms with E-state index in [1.807, 2.05) is 26.0 Å². The molecule has 0 saturated heterocycles. The zero-order valence-corrected chi connectivity index (χ0v) is 11.8. The Labute approximate surface area is 122 Å². The first kappa shape index (κ1) is 13.1. The molecule has 0 aliphatic heterocycles. The summed E-state index contributed by atoms with van der Waals surface area (Å²) >= 11 is 0. The molecule has 6 nitrogen and oxygen atoms in total. The van der Waals surface area contributed by atoms with E-state index < -0.39 is 0 Å². The Morgan fingerprint density at radius 1 is 1.10 bits per heavy atom. The number of phenols is 1. The second-order valence-electron chi connectivity index (χ2n) is 4.76. The van der Waals surface area contributed by atoms with Crippen molar-refractivity contribution in [3.05, 3.63) is 59.9 Å². The van der Waals surface area contributed by atoms with Crippen molar-refractivity contribution in [3.63, 3.8) is 0 Å². The van der Waals surface area contributed by atoms with Gasteiger partial charge in [-0.2, -0.15) is 5.10 Å². The van der Waals surface area contributed by atoms with Crippen molar-refractivity contribution in [2.45, 2.75) is 13.8 Å². The summed E-state index contributed by atoms with van der Waals surface area (Å²) in [6.07, 6.45) is 4.86. The molecule has 0 bridgehead atoms. The lowest BCUT2D eigenvalue weighted by molar-refractivity contribution is 0.475.